The number of anilines is 1. The van der Waals surface area contributed by atoms with Gasteiger partial charge in [0.25, 0.3) is 11.8 Å². The average molecular weight is 590 g/mol. The number of amides is 2. The maximum atomic E-state index is 13.2. The lowest BCUT2D eigenvalue weighted by Gasteiger charge is -2.31. The number of rotatable bonds is 9. The number of benzene rings is 2. The third-order valence-corrected chi connectivity index (χ3v) is 8.76. The molecule has 1 aromatic heterocycles. The van der Waals surface area contributed by atoms with Crippen molar-refractivity contribution in [2.75, 3.05) is 18.4 Å². The predicted molar refractivity (Wildman–Crippen MR) is 148 cm³/mol. The van der Waals surface area contributed by atoms with Gasteiger partial charge in [-0.1, -0.05) is 48.0 Å². The molecule has 13 heteroatoms. The van der Waals surface area contributed by atoms with Gasteiger partial charge in [-0.2, -0.15) is 9.40 Å². The molecule has 0 saturated carbocycles. The number of ketones is 1. The SMILES string of the molecule is C=CC(=O)Cc1cccc(S(=O)(=O)N2CCC(NC(=O)c3[nH]ncc3NC(=O)c3c(Cl)cccc3Cl)CC2)c1. The molecule has 0 spiro atoms. The molecule has 1 fully saturated rings. The van der Waals surface area contributed by atoms with Crippen molar-refractivity contribution in [1.82, 2.24) is 19.8 Å². The van der Waals surface area contributed by atoms with E-state index in [2.05, 4.69) is 27.4 Å². The third kappa shape index (κ3) is 6.56. The van der Waals surface area contributed by atoms with Crippen LogP contribution in [0.2, 0.25) is 10.0 Å². The van der Waals surface area contributed by atoms with Crippen LogP contribution in [0.3, 0.4) is 0 Å². The van der Waals surface area contributed by atoms with E-state index in [-0.39, 0.29) is 63.2 Å². The molecule has 3 N–H and O–H groups in total. The lowest BCUT2D eigenvalue weighted by atomic mass is 10.1. The quantitative estimate of drug-likeness (QED) is 0.324. The highest BCUT2D eigenvalue weighted by Crippen LogP contribution is 2.26. The molecule has 3 aromatic rings. The second kappa shape index (κ2) is 12.1. The summed E-state index contributed by atoms with van der Waals surface area (Å²) in [6.45, 7) is 3.83. The molecule has 1 aliphatic heterocycles. The molecule has 204 valence electrons. The molecule has 0 bridgehead atoms. The van der Waals surface area contributed by atoms with E-state index in [1.807, 2.05) is 0 Å². The summed E-state index contributed by atoms with van der Waals surface area (Å²) in [5, 5.41) is 12.2. The van der Waals surface area contributed by atoms with Crippen molar-refractivity contribution in [2.45, 2.75) is 30.2 Å². The summed E-state index contributed by atoms with van der Waals surface area (Å²) >= 11 is 12.2. The lowest BCUT2D eigenvalue weighted by Crippen LogP contribution is -2.46. The zero-order valence-electron chi connectivity index (χ0n) is 20.6. The van der Waals surface area contributed by atoms with Gasteiger partial charge >= 0.3 is 0 Å². The molecular weight excluding hydrogens is 565 g/mol. The maximum absolute atomic E-state index is 13.2. The van der Waals surface area contributed by atoms with Crippen LogP contribution in [0.4, 0.5) is 5.69 Å². The van der Waals surface area contributed by atoms with Gasteiger partial charge in [0.05, 0.1) is 32.4 Å². The Morgan fingerprint density at radius 1 is 1.08 bits per heavy atom. The Hall–Kier alpha value is -3.51. The van der Waals surface area contributed by atoms with Crippen molar-refractivity contribution >= 4 is 56.5 Å². The van der Waals surface area contributed by atoms with Crippen molar-refractivity contribution in [1.29, 1.82) is 0 Å². The van der Waals surface area contributed by atoms with E-state index in [0.29, 0.717) is 18.4 Å². The second-order valence-electron chi connectivity index (χ2n) is 8.86. The highest BCUT2D eigenvalue weighted by molar-refractivity contribution is 7.89. The first kappa shape index (κ1) is 28.5. The summed E-state index contributed by atoms with van der Waals surface area (Å²) in [6.07, 6.45) is 3.33. The van der Waals surface area contributed by atoms with Crippen LogP contribution in [0, 0.1) is 0 Å². The Kier molecular flexibility index (Phi) is 8.86. The van der Waals surface area contributed by atoms with Gasteiger partial charge in [0.1, 0.15) is 5.69 Å². The van der Waals surface area contributed by atoms with Crippen LogP contribution in [-0.2, 0) is 21.2 Å². The fourth-order valence-corrected chi connectivity index (χ4v) is 6.30. The van der Waals surface area contributed by atoms with E-state index < -0.39 is 21.8 Å². The molecule has 2 amide bonds. The monoisotopic (exact) mass is 589 g/mol. The van der Waals surface area contributed by atoms with E-state index in [0.717, 1.165) is 0 Å². The summed E-state index contributed by atoms with van der Waals surface area (Å²) in [6, 6.07) is 10.6. The number of hydrogen-bond donors (Lipinski definition) is 3. The highest BCUT2D eigenvalue weighted by atomic mass is 35.5. The third-order valence-electron chi connectivity index (χ3n) is 6.24. The topological polar surface area (TPSA) is 141 Å². The zero-order chi connectivity index (χ0) is 28.2. The molecule has 2 heterocycles. The number of allylic oxidation sites excluding steroid dienone is 1. The van der Waals surface area contributed by atoms with Crippen molar-refractivity contribution in [3.8, 4) is 0 Å². The van der Waals surface area contributed by atoms with Crippen molar-refractivity contribution in [3.63, 3.8) is 0 Å². The number of nitrogens with zero attached hydrogens (tertiary/aromatic N) is 2. The molecule has 10 nitrogen and oxygen atoms in total. The van der Waals surface area contributed by atoms with Crippen LogP contribution in [0.1, 0.15) is 39.3 Å². The van der Waals surface area contributed by atoms with Gasteiger partial charge in [0, 0.05) is 25.6 Å². The van der Waals surface area contributed by atoms with Crippen LogP contribution in [0.5, 0.6) is 0 Å². The normalized spacial score (nSPS) is 14.5. The van der Waals surface area contributed by atoms with E-state index in [1.54, 1.807) is 18.2 Å². The standard InChI is InChI=1S/C26H25Cl2N5O5S/c1-2-18(34)13-16-5-3-6-19(14-16)39(37,38)33-11-9-17(10-12-33)30-26(36)24-22(15-29-32-24)31-25(35)23-20(27)7-4-8-21(23)28/h2-8,14-15,17H,1,9-13H2,(H,29,32)(H,30,36)(H,31,35). The molecule has 0 radical (unpaired) electrons. The van der Waals surface area contributed by atoms with E-state index >= 15 is 0 Å². The molecule has 0 atom stereocenters. The predicted octanol–water partition coefficient (Wildman–Crippen LogP) is 3.85. The number of halogens is 2. The minimum atomic E-state index is -3.78. The van der Waals surface area contributed by atoms with E-state index in [4.69, 9.17) is 23.2 Å². The molecular formula is C26H25Cl2N5O5S. The number of carbonyl (C=O) groups excluding carboxylic acids is 3. The van der Waals surface area contributed by atoms with Gasteiger partial charge in [0.15, 0.2) is 5.78 Å². The molecule has 39 heavy (non-hydrogen) atoms. The zero-order valence-corrected chi connectivity index (χ0v) is 22.9. The molecule has 1 aliphatic rings. The molecule has 1 saturated heterocycles. The summed E-state index contributed by atoms with van der Waals surface area (Å²) in [5.41, 5.74) is 0.831. The summed E-state index contributed by atoms with van der Waals surface area (Å²) in [7, 11) is -3.78. The van der Waals surface area contributed by atoms with Gasteiger partial charge in [-0.05, 0) is 48.7 Å². The first-order valence-electron chi connectivity index (χ1n) is 11.9. The Balaban J connectivity index is 1.37. The number of nitrogens with one attached hydrogen (secondary N) is 3. The van der Waals surface area contributed by atoms with Crippen molar-refractivity contribution in [2.24, 2.45) is 0 Å². The number of hydrogen-bond acceptors (Lipinski definition) is 6. The fraction of sp³-hybridized carbons (Fsp3) is 0.231. The first-order valence-corrected chi connectivity index (χ1v) is 14.1. The average Bonchev–Trinajstić information content (AvgIpc) is 3.37. The number of carbonyl (C=O) groups is 3. The number of sulfonamides is 1. The summed E-state index contributed by atoms with van der Waals surface area (Å²) in [5.74, 6) is -1.31. The van der Waals surface area contributed by atoms with Gasteiger partial charge in [-0.25, -0.2) is 8.42 Å². The Morgan fingerprint density at radius 2 is 1.74 bits per heavy atom. The first-order chi connectivity index (χ1) is 18.6. The highest BCUT2D eigenvalue weighted by Gasteiger charge is 2.31. The summed E-state index contributed by atoms with van der Waals surface area (Å²) < 4.78 is 27.7. The Morgan fingerprint density at radius 3 is 2.41 bits per heavy atom. The summed E-state index contributed by atoms with van der Waals surface area (Å²) in [4.78, 5) is 37.4. The fourth-order valence-electron chi connectivity index (χ4n) is 4.19. The van der Waals surface area contributed by atoms with Crippen LogP contribution in [-0.4, -0.2) is 59.6 Å². The largest absolute Gasteiger partial charge is 0.348 e. The van der Waals surface area contributed by atoms with E-state index in [9.17, 15) is 22.8 Å². The van der Waals surface area contributed by atoms with Gasteiger partial charge in [-0.15, -0.1) is 0 Å². The molecule has 4 rings (SSSR count). The molecule has 0 aliphatic carbocycles. The number of aromatic nitrogens is 2. The van der Waals surface area contributed by atoms with Gasteiger partial charge in [-0.3, -0.25) is 19.5 Å². The lowest BCUT2D eigenvalue weighted by molar-refractivity contribution is -0.114. The molecule has 0 unspecified atom stereocenters. The van der Waals surface area contributed by atoms with E-state index in [1.165, 1.54) is 40.8 Å². The van der Waals surface area contributed by atoms with Crippen molar-refractivity contribution < 1.29 is 22.8 Å². The second-order valence-corrected chi connectivity index (χ2v) is 11.6. The van der Waals surface area contributed by atoms with Crippen molar-refractivity contribution in [3.05, 3.63) is 88.2 Å². The van der Waals surface area contributed by atoms with Crippen LogP contribution in [0.15, 0.2) is 66.2 Å². The Labute approximate surface area is 235 Å². The van der Waals surface area contributed by atoms with Gasteiger partial charge < -0.3 is 10.6 Å². The smallest absolute Gasteiger partial charge is 0.271 e. The maximum Gasteiger partial charge on any atom is 0.271 e. The Bertz CT molecular complexity index is 1510. The minimum Gasteiger partial charge on any atom is -0.348 e. The van der Waals surface area contributed by atoms with Crippen LogP contribution < -0.4 is 10.6 Å². The van der Waals surface area contributed by atoms with Gasteiger partial charge in [0.2, 0.25) is 10.0 Å². The number of aromatic amines is 1. The minimum absolute atomic E-state index is 0.0347. The van der Waals surface area contributed by atoms with Crippen LogP contribution >= 0.6 is 23.2 Å². The van der Waals surface area contributed by atoms with Crippen LogP contribution in [0.25, 0.3) is 0 Å². The molecule has 2 aromatic carbocycles. The number of H-pyrrole nitrogens is 1. The number of piperidine rings is 1.